The first-order valence-corrected chi connectivity index (χ1v) is 15.2. The molecule has 0 aliphatic carbocycles. The molecule has 1 fully saturated rings. The Balaban J connectivity index is 1.12. The molecule has 44 heavy (non-hydrogen) atoms. The fourth-order valence-corrected chi connectivity index (χ4v) is 5.56. The van der Waals surface area contributed by atoms with Crippen LogP contribution < -0.4 is 16.0 Å². The number of benzene rings is 3. The monoisotopic (exact) mass is 652 g/mol. The number of fused-ring (bicyclic) bond motifs is 1. The summed E-state index contributed by atoms with van der Waals surface area (Å²) in [6, 6.07) is 22.3. The van der Waals surface area contributed by atoms with E-state index in [1.54, 1.807) is 18.3 Å². The van der Waals surface area contributed by atoms with Gasteiger partial charge in [-0.2, -0.15) is 0 Å². The Kier molecular flexibility index (Phi) is 8.69. The first-order valence-electron chi connectivity index (χ1n) is 14.4. The summed E-state index contributed by atoms with van der Waals surface area (Å²) in [5.74, 6) is 0.378. The van der Waals surface area contributed by atoms with Gasteiger partial charge in [0.05, 0.1) is 5.39 Å². The Hall–Kier alpha value is -4.58. The Bertz CT molecular complexity index is 1810. The van der Waals surface area contributed by atoms with Crippen LogP contribution in [0, 0.1) is 6.92 Å². The predicted octanol–water partition coefficient (Wildman–Crippen LogP) is 6.33. The van der Waals surface area contributed by atoms with Crippen molar-refractivity contribution in [2.24, 2.45) is 0 Å². The molecule has 2 amide bonds. The number of piperazine rings is 1. The number of hydrogen-bond donors (Lipinski definition) is 3. The van der Waals surface area contributed by atoms with E-state index in [1.165, 1.54) is 16.5 Å². The van der Waals surface area contributed by atoms with Gasteiger partial charge in [0.15, 0.2) is 5.65 Å². The summed E-state index contributed by atoms with van der Waals surface area (Å²) in [4.78, 5) is 39.9. The summed E-state index contributed by atoms with van der Waals surface area (Å²) in [7, 11) is 2.15. The van der Waals surface area contributed by atoms with Crippen molar-refractivity contribution in [2.45, 2.75) is 13.5 Å². The number of rotatable bonds is 7. The summed E-state index contributed by atoms with van der Waals surface area (Å²) < 4.78 is 2.38. The zero-order valence-corrected chi connectivity index (χ0v) is 26.1. The van der Waals surface area contributed by atoms with Crippen molar-refractivity contribution in [1.82, 2.24) is 24.3 Å². The zero-order chi connectivity index (χ0) is 30.6. The standard InChI is InChI=1S/C33H33BrN8O2/c1-22-6-11-27(38-32(43)24-9-7-23(8-10-24)20-41-16-14-40(2)15-17-41)19-29(22)39-33(44)42-13-12-28-30(35-21-36-31(28)42)37-26-5-3-4-25(34)18-26/h3-13,18-19,21H,14-17,20H2,1-2H3,(H,38,43)(H,39,44)(H,35,36,37). The number of halogens is 1. The lowest BCUT2D eigenvalue weighted by Crippen LogP contribution is -2.43. The van der Waals surface area contributed by atoms with Crippen LogP contribution in [0.4, 0.5) is 27.7 Å². The van der Waals surface area contributed by atoms with Gasteiger partial charge in [-0.3, -0.25) is 14.3 Å². The van der Waals surface area contributed by atoms with Gasteiger partial charge in [0.25, 0.3) is 5.91 Å². The number of anilines is 4. The van der Waals surface area contributed by atoms with E-state index >= 15 is 0 Å². The molecule has 10 nitrogen and oxygen atoms in total. The first kappa shape index (κ1) is 29.5. The number of hydrogen-bond acceptors (Lipinski definition) is 7. The van der Waals surface area contributed by atoms with E-state index in [0.29, 0.717) is 33.8 Å². The molecule has 6 rings (SSSR count). The van der Waals surface area contributed by atoms with Crippen LogP contribution in [-0.2, 0) is 6.54 Å². The summed E-state index contributed by atoms with van der Waals surface area (Å²) in [6.45, 7) is 7.01. The minimum atomic E-state index is -0.380. The average Bonchev–Trinajstić information content (AvgIpc) is 3.46. The van der Waals surface area contributed by atoms with E-state index in [4.69, 9.17) is 0 Å². The van der Waals surface area contributed by atoms with Crippen LogP contribution in [0.5, 0.6) is 0 Å². The molecule has 3 aromatic carbocycles. The number of nitrogens with zero attached hydrogens (tertiary/aromatic N) is 5. The van der Waals surface area contributed by atoms with Crippen molar-refractivity contribution in [1.29, 1.82) is 0 Å². The molecule has 0 atom stereocenters. The second-order valence-electron chi connectivity index (χ2n) is 11.0. The molecule has 0 bridgehead atoms. The van der Waals surface area contributed by atoms with Crippen molar-refractivity contribution in [3.63, 3.8) is 0 Å². The topological polar surface area (TPSA) is 107 Å². The Morgan fingerprint density at radius 1 is 0.886 bits per heavy atom. The van der Waals surface area contributed by atoms with Gasteiger partial charge in [-0.1, -0.05) is 40.2 Å². The van der Waals surface area contributed by atoms with Gasteiger partial charge in [-0.05, 0) is 73.6 Å². The third-order valence-corrected chi connectivity index (χ3v) is 8.24. The van der Waals surface area contributed by atoms with Gasteiger partial charge in [-0.15, -0.1) is 0 Å². The summed E-state index contributed by atoms with van der Waals surface area (Å²) in [5.41, 5.74) is 5.10. The maximum Gasteiger partial charge on any atom is 0.331 e. The second-order valence-corrected chi connectivity index (χ2v) is 11.9. The minimum Gasteiger partial charge on any atom is -0.340 e. The van der Waals surface area contributed by atoms with Crippen molar-refractivity contribution in [3.8, 4) is 0 Å². The number of carbonyl (C=O) groups is 2. The van der Waals surface area contributed by atoms with Crippen LogP contribution in [0.3, 0.4) is 0 Å². The molecule has 224 valence electrons. The highest BCUT2D eigenvalue weighted by molar-refractivity contribution is 9.10. The molecule has 3 N–H and O–H groups in total. The first-order chi connectivity index (χ1) is 21.3. The predicted molar refractivity (Wildman–Crippen MR) is 178 cm³/mol. The highest BCUT2D eigenvalue weighted by Crippen LogP contribution is 2.27. The average molecular weight is 654 g/mol. The fraction of sp³-hybridized carbons (Fsp3) is 0.212. The van der Waals surface area contributed by atoms with Gasteiger partial charge >= 0.3 is 6.03 Å². The number of aromatic nitrogens is 3. The smallest absolute Gasteiger partial charge is 0.331 e. The third-order valence-electron chi connectivity index (χ3n) is 7.74. The molecule has 1 saturated heterocycles. The van der Waals surface area contributed by atoms with E-state index in [0.717, 1.165) is 48.4 Å². The molecular weight excluding hydrogens is 620 g/mol. The van der Waals surface area contributed by atoms with Crippen molar-refractivity contribution in [2.75, 3.05) is 49.2 Å². The molecule has 3 heterocycles. The van der Waals surface area contributed by atoms with E-state index in [2.05, 4.69) is 58.7 Å². The summed E-state index contributed by atoms with van der Waals surface area (Å²) in [5, 5.41) is 9.91. The number of likely N-dealkylation sites (N-methyl/N-ethyl adjacent to an activating group) is 1. The quantitative estimate of drug-likeness (QED) is 0.189. The van der Waals surface area contributed by atoms with Crippen molar-refractivity contribution < 1.29 is 9.59 Å². The Labute approximate surface area is 264 Å². The van der Waals surface area contributed by atoms with Gasteiger partial charge in [0.2, 0.25) is 0 Å². The van der Waals surface area contributed by atoms with Gasteiger partial charge in [0, 0.05) is 66.0 Å². The summed E-state index contributed by atoms with van der Waals surface area (Å²) >= 11 is 3.48. The van der Waals surface area contributed by atoms with E-state index in [-0.39, 0.29) is 11.9 Å². The number of amides is 2. The lowest BCUT2D eigenvalue weighted by atomic mass is 10.1. The van der Waals surface area contributed by atoms with Crippen LogP contribution in [-0.4, -0.2) is 69.5 Å². The molecule has 2 aromatic heterocycles. The fourth-order valence-electron chi connectivity index (χ4n) is 5.16. The normalized spacial score (nSPS) is 14.0. The third kappa shape index (κ3) is 6.80. The van der Waals surface area contributed by atoms with Crippen LogP contribution >= 0.6 is 15.9 Å². The SMILES string of the molecule is Cc1ccc(NC(=O)c2ccc(CN3CCN(C)CC3)cc2)cc1NC(=O)n1ccc2c(Nc3cccc(Br)c3)ncnc21. The van der Waals surface area contributed by atoms with Crippen molar-refractivity contribution in [3.05, 3.63) is 106 Å². The maximum atomic E-state index is 13.4. The van der Waals surface area contributed by atoms with Gasteiger partial charge in [-0.25, -0.2) is 14.8 Å². The molecule has 0 saturated carbocycles. The van der Waals surface area contributed by atoms with Gasteiger partial charge in [0.1, 0.15) is 12.1 Å². The van der Waals surface area contributed by atoms with Crippen LogP contribution in [0.1, 0.15) is 21.5 Å². The number of nitrogens with one attached hydrogen (secondary N) is 3. The lowest BCUT2D eigenvalue weighted by Gasteiger charge is -2.32. The summed E-state index contributed by atoms with van der Waals surface area (Å²) in [6.07, 6.45) is 3.09. The molecular formula is C33H33BrN8O2. The highest BCUT2D eigenvalue weighted by Gasteiger charge is 2.17. The molecule has 1 aliphatic heterocycles. The Morgan fingerprint density at radius 2 is 1.68 bits per heavy atom. The van der Waals surface area contributed by atoms with Crippen LogP contribution in [0.15, 0.2) is 89.8 Å². The van der Waals surface area contributed by atoms with E-state index < -0.39 is 0 Å². The van der Waals surface area contributed by atoms with E-state index in [9.17, 15) is 9.59 Å². The maximum absolute atomic E-state index is 13.4. The number of carbonyl (C=O) groups excluding carboxylic acids is 2. The zero-order valence-electron chi connectivity index (χ0n) is 24.5. The van der Waals surface area contributed by atoms with Crippen LogP contribution in [0.25, 0.3) is 11.0 Å². The molecule has 0 spiro atoms. The molecule has 5 aromatic rings. The number of aryl methyl sites for hydroxylation is 1. The lowest BCUT2D eigenvalue weighted by molar-refractivity contribution is 0.102. The molecule has 11 heteroatoms. The molecule has 1 aliphatic rings. The van der Waals surface area contributed by atoms with Crippen molar-refractivity contribution >= 4 is 61.8 Å². The van der Waals surface area contributed by atoms with Gasteiger partial charge < -0.3 is 20.9 Å². The highest BCUT2D eigenvalue weighted by atomic mass is 79.9. The molecule has 0 unspecified atom stereocenters. The largest absolute Gasteiger partial charge is 0.340 e. The van der Waals surface area contributed by atoms with E-state index in [1.807, 2.05) is 67.6 Å². The Morgan fingerprint density at radius 3 is 2.45 bits per heavy atom. The molecule has 0 radical (unpaired) electrons. The van der Waals surface area contributed by atoms with Crippen LogP contribution in [0.2, 0.25) is 0 Å². The minimum absolute atomic E-state index is 0.212. The second kappa shape index (κ2) is 13.0.